The first-order chi connectivity index (χ1) is 8.83. The Kier molecular flexibility index (Phi) is 4.40. The smallest absolute Gasteiger partial charge is 0.259 e. The molecule has 0 bridgehead atoms. The standard InChI is InChI=1S/C11H12N3O3S/c15-5-9(14-17-8-3-1-2-4-8)10-6-18-11(13-10)12-7-16/h6-8H,1-4H2,(H,12,13,16)/b14-9+. The lowest BCUT2D eigenvalue weighted by Crippen LogP contribution is -2.09. The number of thiazole rings is 1. The van der Waals surface area contributed by atoms with Crippen LogP contribution < -0.4 is 5.32 Å². The molecule has 1 aromatic rings. The third kappa shape index (κ3) is 3.13. The minimum Gasteiger partial charge on any atom is -0.392 e. The van der Waals surface area contributed by atoms with Gasteiger partial charge in [0.05, 0.1) is 0 Å². The monoisotopic (exact) mass is 266 g/mol. The van der Waals surface area contributed by atoms with Crippen molar-refractivity contribution in [1.29, 1.82) is 0 Å². The molecule has 95 valence electrons. The van der Waals surface area contributed by atoms with Gasteiger partial charge in [-0.15, -0.1) is 11.3 Å². The van der Waals surface area contributed by atoms with E-state index in [0.29, 0.717) is 17.2 Å². The van der Waals surface area contributed by atoms with Gasteiger partial charge in [-0.25, -0.2) is 4.98 Å². The molecule has 0 unspecified atom stereocenters. The fourth-order valence-corrected chi connectivity index (χ4v) is 2.39. The zero-order valence-electron chi connectivity index (χ0n) is 9.59. The first kappa shape index (κ1) is 12.7. The number of nitrogens with zero attached hydrogens (tertiary/aromatic N) is 2. The summed E-state index contributed by atoms with van der Waals surface area (Å²) >= 11 is 1.21. The van der Waals surface area contributed by atoms with Crippen LogP contribution in [0.2, 0.25) is 0 Å². The molecule has 0 atom stereocenters. The molecule has 2 rings (SSSR count). The summed E-state index contributed by atoms with van der Waals surface area (Å²) in [6.45, 7) is 0. The van der Waals surface area contributed by atoms with Crippen molar-refractivity contribution in [3.8, 4) is 0 Å². The molecule has 1 aliphatic rings. The zero-order chi connectivity index (χ0) is 12.8. The van der Waals surface area contributed by atoms with Crippen LogP contribution in [0.15, 0.2) is 10.5 Å². The van der Waals surface area contributed by atoms with Gasteiger partial charge in [-0.3, -0.25) is 9.59 Å². The van der Waals surface area contributed by atoms with Crippen molar-refractivity contribution in [3.63, 3.8) is 0 Å². The van der Waals surface area contributed by atoms with Gasteiger partial charge >= 0.3 is 0 Å². The van der Waals surface area contributed by atoms with Crippen LogP contribution in [0.5, 0.6) is 0 Å². The van der Waals surface area contributed by atoms with Crippen molar-refractivity contribution >= 4 is 34.9 Å². The number of rotatable bonds is 6. The number of amides is 1. The topological polar surface area (TPSA) is 80.6 Å². The summed E-state index contributed by atoms with van der Waals surface area (Å²) in [5, 5.41) is 8.22. The lowest BCUT2D eigenvalue weighted by Gasteiger charge is -2.05. The molecule has 1 aliphatic carbocycles. The van der Waals surface area contributed by atoms with Gasteiger partial charge < -0.3 is 10.2 Å². The van der Waals surface area contributed by atoms with E-state index in [1.54, 1.807) is 11.7 Å². The third-order valence-electron chi connectivity index (χ3n) is 2.62. The predicted molar refractivity (Wildman–Crippen MR) is 67.4 cm³/mol. The Morgan fingerprint density at radius 1 is 1.61 bits per heavy atom. The quantitative estimate of drug-likeness (QED) is 0.480. The number of nitrogens with one attached hydrogen (secondary N) is 1. The molecule has 1 saturated carbocycles. The maximum absolute atomic E-state index is 10.8. The molecular weight excluding hydrogens is 254 g/mol. The molecule has 0 spiro atoms. The first-order valence-corrected chi connectivity index (χ1v) is 6.49. The average molecular weight is 266 g/mol. The highest BCUT2D eigenvalue weighted by molar-refractivity contribution is 7.14. The number of hydrogen-bond donors (Lipinski definition) is 1. The molecule has 1 heterocycles. The van der Waals surface area contributed by atoms with Gasteiger partial charge in [0.2, 0.25) is 6.41 Å². The van der Waals surface area contributed by atoms with Crippen LogP contribution in [0.25, 0.3) is 0 Å². The summed E-state index contributed by atoms with van der Waals surface area (Å²) in [5.41, 5.74) is 0.384. The first-order valence-electron chi connectivity index (χ1n) is 5.61. The van der Waals surface area contributed by atoms with Crippen LogP contribution in [0, 0.1) is 0 Å². The number of aromatic nitrogens is 1. The maximum Gasteiger partial charge on any atom is 0.259 e. The number of carbonyl (C=O) groups is 1. The van der Waals surface area contributed by atoms with Crippen molar-refractivity contribution in [3.05, 3.63) is 11.1 Å². The maximum atomic E-state index is 10.8. The lowest BCUT2D eigenvalue weighted by atomic mass is 10.3. The van der Waals surface area contributed by atoms with Gasteiger partial charge in [0.15, 0.2) is 10.8 Å². The van der Waals surface area contributed by atoms with Crippen LogP contribution in [0.1, 0.15) is 31.4 Å². The fraction of sp³-hybridized carbons (Fsp3) is 0.455. The van der Waals surface area contributed by atoms with E-state index in [0.717, 1.165) is 25.7 Å². The summed E-state index contributed by atoms with van der Waals surface area (Å²) in [5.74, 6) is 0. The SMILES string of the molecule is O=[C]/C(=N\OC1CCCC1)c1csc(NC=O)n1. The van der Waals surface area contributed by atoms with Crippen LogP contribution in [0.3, 0.4) is 0 Å². The second kappa shape index (κ2) is 6.25. The highest BCUT2D eigenvalue weighted by Gasteiger charge is 2.17. The molecule has 18 heavy (non-hydrogen) atoms. The zero-order valence-corrected chi connectivity index (χ0v) is 10.4. The number of anilines is 1. The minimum absolute atomic E-state index is 0.0251. The molecule has 1 fully saturated rings. The molecule has 6 nitrogen and oxygen atoms in total. The Hall–Kier alpha value is -1.76. The Morgan fingerprint density at radius 2 is 2.39 bits per heavy atom. The summed E-state index contributed by atoms with van der Waals surface area (Å²) in [7, 11) is 0. The van der Waals surface area contributed by atoms with Crippen molar-refractivity contribution in [2.75, 3.05) is 5.32 Å². The number of carbonyl (C=O) groups excluding carboxylic acids is 2. The van der Waals surface area contributed by atoms with Crippen LogP contribution >= 0.6 is 11.3 Å². The fourth-order valence-electron chi connectivity index (χ4n) is 1.74. The van der Waals surface area contributed by atoms with E-state index in [-0.39, 0.29) is 11.8 Å². The molecule has 0 aromatic carbocycles. The predicted octanol–water partition coefficient (Wildman–Crippen LogP) is 1.48. The Bertz CT molecular complexity index is 452. The summed E-state index contributed by atoms with van der Waals surface area (Å²) in [4.78, 5) is 30.4. The summed E-state index contributed by atoms with van der Waals surface area (Å²) in [6, 6.07) is 0. The normalized spacial score (nSPS) is 16.6. The van der Waals surface area contributed by atoms with E-state index in [1.165, 1.54) is 11.3 Å². The van der Waals surface area contributed by atoms with Gasteiger partial charge in [-0.05, 0) is 25.7 Å². The highest BCUT2D eigenvalue weighted by Crippen LogP contribution is 2.21. The number of oxime groups is 1. The van der Waals surface area contributed by atoms with E-state index < -0.39 is 0 Å². The molecule has 1 amide bonds. The minimum atomic E-state index is 0.0251. The van der Waals surface area contributed by atoms with E-state index in [1.807, 2.05) is 0 Å². The van der Waals surface area contributed by atoms with Gasteiger partial charge in [-0.1, -0.05) is 5.16 Å². The Morgan fingerprint density at radius 3 is 3.06 bits per heavy atom. The summed E-state index contributed by atoms with van der Waals surface area (Å²) < 4.78 is 0. The van der Waals surface area contributed by atoms with Gasteiger partial charge in [0, 0.05) is 5.38 Å². The molecule has 1 aromatic heterocycles. The van der Waals surface area contributed by atoms with E-state index in [2.05, 4.69) is 15.5 Å². The molecule has 0 saturated heterocycles. The van der Waals surface area contributed by atoms with E-state index in [9.17, 15) is 9.59 Å². The molecule has 0 aliphatic heterocycles. The molecule has 1 N–H and O–H groups in total. The van der Waals surface area contributed by atoms with Crippen LogP contribution in [-0.2, 0) is 14.4 Å². The van der Waals surface area contributed by atoms with Gasteiger partial charge in [-0.2, -0.15) is 0 Å². The molecular formula is C11H12N3O3S. The van der Waals surface area contributed by atoms with Gasteiger partial charge in [0.25, 0.3) is 6.29 Å². The second-order valence-corrected chi connectivity index (χ2v) is 4.71. The Balaban J connectivity index is 2.03. The van der Waals surface area contributed by atoms with Crippen molar-refractivity contribution in [1.82, 2.24) is 4.98 Å². The largest absolute Gasteiger partial charge is 0.392 e. The molecule has 1 radical (unpaired) electrons. The van der Waals surface area contributed by atoms with Crippen LogP contribution in [-0.4, -0.2) is 29.5 Å². The third-order valence-corrected chi connectivity index (χ3v) is 3.39. The molecule has 7 heteroatoms. The van der Waals surface area contributed by atoms with Crippen molar-refractivity contribution < 1.29 is 14.4 Å². The average Bonchev–Trinajstić information content (AvgIpc) is 3.02. The van der Waals surface area contributed by atoms with Crippen molar-refractivity contribution in [2.45, 2.75) is 31.8 Å². The number of hydrogen-bond acceptors (Lipinski definition) is 6. The summed E-state index contributed by atoms with van der Waals surface area (Å²) in [6.07, 6.45) is 6.50. The Labute approximate surface area is 108 Å². The van der Waals surface area contributed by atoms with Crippen LogP contribution in [0.4, 0.5) is 5.13 Å². The highest BCUT2D eigenvalue weighted by atomic mass is 32.1. The van der Waals surface area contributed by atoms with E-state index >= 15 is 0 Å². The van der Waals surface area contributed by atoms with Gasteiger partial charge in [0.1, 0.15) is 11.8 Å². The lowest BCUT2D eigenvalue weighted by molar-refractivity contribution is -0.105. The van der Waals surface area contributed by atoms with Crippen molar-refractivity contribution in [2.24, 2.45) is 5.16 Å². The second-order valence-electron chi connectivity index (χ2n) is 3.85. The van der Waals surface area contributed by atoms with E-state index in [4.69, 9.17) is 4.84 Å².